The van der Waals surface area contributed by atoms with Gasteiger partial charge >= 0.3 is 0 Å². The first kappa shape index (κ1) is 23.2. The summed E-state index contributed by atoms with van der Waals surface area (Å²) in [6.45, 7) is 3.02. The largest absolute Gasteiger partial charge is 0.473 e. The van der Waals surface area contributed by atoms with E-state index in [2.05, 4.69) is 107 Å². The summed E-state index contributed by atoms with van der Waals surface area (Å²) in [5.74, 6) is 3.32. The molecule has 4 heteroatoms. The molecule has 38 heavy (non-hydrogen) atoms. The lowest BCUT2D eigenvalue weighted by atomic mass is 9.75. The molecule has 1 fully saturated rings. The first-order valence-corrected chi connectivity index (χ1v) is 13.9. The fourth-order valence-electron chi connectivity index (χ4n) is 6.40. The maximum absolute atomic E-state index is 6.10. The van der Waals surface area contributed by atoms with Gasteiger partial charge in [-0.2, -0.15) is 0 Å². The van der Waals surface area contributed by atoms with E-state index in [1.807, 2.05) is 0 Å². The van der Waals surface area contributed by atoms with Gasteiger partial charge < -0.3 is 19.3 Å². The van der Waals surface area contributed by atoms with E-state index < -0.39 is 0 Å². The fourth-order valence-corrected chi connectivity index (χ4v) is 6.40. The molecule has 1 saturated carbocycles. The van der Waals surface area contributed by atoms with Crippen LogP contribution in [0.2, 0.25) is 0 Å². The molecule has 0 unspecified atom stereocenters. The monoisotopic (exact) mass is 502 g/mol. The van der Waals surface area contributed by atoms with Crippen LogP contribution in [0, 0.1) is 0 Å². The van der Waals surface area contributed by atoms with Crippen molar-refractivity contribution < 1.29 is 9.47 Å². The minimum atomic E-state index is 0.608. The number of hydrogen-bond donors (Lipinski definition) is 0. The lowest BCUT2D eigenvalue weighted by Crippen LogP contribution is -2.32. The highest BCUT2D eigenvalue weighted by Crippen LogP contribution is 2.43. The van der Waals surface area contributed by atoms with Crippen LogP contribution in [-0.2, 0) is 13.1 Å². The van der Waals surface area contributed by atoms with E-state index in [1.165, 1.54) is 59.3 Å². The van der Waals surface area contributed by atoms with Crippen LogP contribution in [0.15, 0.2) is 97.1 Å². The standard InChI is InChI=1S/C34H34N2O2/c1-3-7-31(8-4-1)35-21-29-19-27(15-17-33(29)37-23-35)25-11-13-26(14-12-25)28-16-18-34-30(20-28)22-36(24-38-34)32-9-5-2-6-10-32/h1-10,15-20,25-26H,11-14,21-24H2. The second-order valence-corrected chi connectivity index (χ2v) is 10.9. The maximum atomic E-state index is 6.10. The predicted octanol–water partition coefficient (Wildman–Crippen LogP) is 7.84. The molecule has 4 aromatic rings. The molecule has 0 radical (unpaired) electrons. The Hall–Kier alpha value is -3.92. The number of hydrogen-bond acceptors (Lipinski definition) is 4. The third-order valence-electron chi connectivity index (χ3n) is 8.56. The molecule has 0 aromatic heterocycles. The summed E-state index contributed by atoms with van der Waals surface area (Å²) in [6.07, 6.45) is 4.93. The maximum Gasteiger partial charge on any atom is 0.161 e. The topological polar surface area (TPSA) is 24.9 Å². The van der Waals surface area contributed by atoms with Crippen molar-refractivity contribution in [3.8, 4) is 11.5 Å². The van der Waals surface area contributed by atoms with Crippen LogP contribution in [0.3, 0.4) is 0 Å². The molecular weight excluding hydrogens is 468 g/mol. The van der Waals surface area contributed by atoms with Crippen molar-refractivity contribution in [2.45, 2.75) is 50.6 Å². The van der Waals surface area contributed by atoms with Gasteiger partial charge in [0.05, 0.1) is 0 Å². The quantitative estimate of drug-likeness (QED) is 0.284. The van der Waals surface area contributed by atoms with Crippen LogP contribution in [0.5, 0.6) is 11.5 Å². The summed E-state index contributed by atoms with van der Waals surface area (Å²) in [7, 11) is 0. The highest BCUT2D eigenvalue weighted by atomic mass is 16.5. The zero-order valence-electron chi connectivity index (χ0n) is 21.8. The molecule has 1 aliphatic carbocycles. The van der Waals surface area contributed by atoms with Gasteiger partial charge in [0, 0.05) is 35.6 Å². The normalized spacial score (nSPS) is 20.6. The summed E-state index contributed by atoms with van der Waals surface area (Å²) in [5.41, 5.74) is 7.98. The van der Waals surface area contributed by atoms with E-state index in [1.54, 1.807) is 0 Å². The van der Waals surface area contributed by atoms with Gasteiger partial charge in [-0.15, -0.1) is 0 Å². The summed E-state index contributed by atoms with van der Waals surface area (Å²) in [5, 5.41) is 0. The van der Waals surface area contributed by atoms with Gasteiger partial charge in [-0.3, -0.25) is 0 Å². The molecule has 0 atom stereocenters. The van der Waals surface area contributed by atoms with Crippen molar-refractivity contribution in [2.75, 3.05) is 23.3 Å². The van der Waals surface area contributed by atoms with Crippen molar-refractivity contribution in [1.29, 1.82) is 0 Å². The number of benzene rings is 4. The highest BCUT2D eigenvalue weighted by Gasteiger charge is 2.27. The van der Waals surface area contributed by atoms with Crippen molar-refractivity contribution in [3.63, 3.8) is 0 Å². The Morgan fingerprint density at radius 1 is 0.500 bits per heavy atom. The van der Waals surface area contributed by atoms with Gasteiger partial charge in [-0.05, 0) is 85.0 Å². The Kier molecular flexibility index (Phi) is 6.17. The molecule has 0 N–H and O–H groups in total. The van der Waals surface area contributed by atoms with E-state index in [-0.39, 0.29) is 0 Å². The zero-order chi connectivity index (χ0) is 25.3. The van der Waals surface area contributed by atoms with E-state index in [9.17, 15) is 0 Å². The molecule has 2 heterocycles. The number of nitrogens with zero attached hydrogens (tertiary/aromatic N) is 2. The molecule has 7 rings (SSSR count). The van der Waals surface area contributed by atoms with Crippen LogP contribution >= 0.6 is 0 Å². The van der Waals surface area contributed by atoms with Gasteiger partial charge in [-0.1, -0.05) is 60.7 Å². The summed E-state index contributed by atoms with van der Waals surface area (Å²) < 4.78 is 12.2. The average molecular weight is 503 g/mol. The first-order valence-electron chi connectivity index (χ1n) is 13.9. The highest BCUT2D eigenvalue weighted by molar-refractivity contribution is 5.52. The zero-order valence-corrected chi connectivity index (χ0v) is 21.8. The Balaban J connectivity index is 1.02. The minimum absolute atomic E-state index is 0.608. The molecule has 2 aliphatic heterocycles. The molecular formula is C34H34N2O2. The van der Waals surface area contributed by atoms with Gasteiger partial charge in [-0.25, -0.2) is 0 Å². The fraction of sp³-hybridized carbons (Fsp3) is 0.294. The van der Waals surface area contributed by atoms with E-state index >= 15 is 0 Å². The minimum Gasteiger partial charge on any atom is -0.473 e. The summed E-state index contributed by atoms with van der Waals surface area (Å²) in [6, 6.07) is 34.9. The summed E-state index contributed by atoms with van der Waals surface area (Å²) in [4.78, 5) is 4.61. The molecule has 0 saturated heterocycles. The van der Waals surface area contributed by atoms with Gasteiger partial charge in [0.25, 0.3) is 0 Å². The number of anilines is 2. The third kappa shape index (κ3) is 4.60. The number of fused-ring (bicyclic) bond motifs is 2. The second kappa shape index (κ2) is 10.1. The first-order chi connectivity index (χ1) is 18.8. The molecule has 4 aromatic carbocycles. The number of ether oxygens (including phenoxy) is 2. The van der Waals surface area contributed by atoms with Crippen molar-refractivity contribution >= 4 is 11.4 Å². The lowest BCUT2D eigenvalue weighted by Gasteiger charge is -2.34. The lowest BCUT2D eigenvalue weighted by molar-refractivity contribution is 0.288. The Morgan fingerprint density at radius 2 is 0.921 bits per heavy atom. The van der Waals surface area contributed by atoms with Gasteiger partial charge in [0.1, 0.15) is 11.5 Å². The Labute approximate surface area is 225 Å². The van der Waals surface area contributed by atoms with Crippen molar-refractivity contribution in [3.05, 3.63) is 119 Å². The molecule has 4 nitrogen and oxygen atoms in total. The van der Waals surface area contributed by atoms with E-state index in [0.29, 0.717) is 25.3 Å². The van der Waals surface area contributed by atoms with Gasteiger partial charge in [0.2, 0.25) is 0 Å². The van der Waals surface area contributed by atoms with Crippen LogP contribution < -0.4 is 19.3 Å². The van der Waals surface area contributed by atoms with E-state index in [0.717, 1.165) is 24.6 Å². The van der Waals surface area contributed by atoms with Gasteiger partial charge in [0.15, 0.2) is 13.5 Å². The Morgan fingerprint density at radius 3 is 1.34 bits per heavy atom. The van der Waals surface area contributed by atoms with Crippen LogP contribution in [0.4, 0.5) is 11.4 Å². The van der Waals surface area contributed by atoms with Crippen molar-refractivity contribution in [2.24, 2.45) is 0 Å². The smallest absolute Gasteiger partial charge is 0.161 e. The molecule has 0 spiro atoms. The molecule has 192 valence electrons. The molecule has 0 amide bonds. The van der Waals surface area contributed by atoms with Crippen LogP contribution in [-0.4, -0.2) is 13.5 Å². The van der Waals surface area contributed by atoms with Crippen LogP contribution in [0.25, 0.3) is 0 Å². The predicted molar refractivity (Wildman–Crippen MR) is 153 cm³/mol. The third-order valence-corrected chi connectivity index (χ3v) is 8.56. The summed E-state index contributed by atoms with van der Waals surface area (Å²) >= 11 is 0. The average Bonchev–Trinajstić information content (AvgIpc) is 3.01. The van der Waals surface area contributed by atoms with Crippen LogP contribution in [0.1, 0.15) is 59.8 Å². The number of rotatable bonds is 4. The number of para-hydroxylation sites is 2. The van der Waals surface area contributed by atoms with Crippen molar-refractivity contribution in [1.82, 2.24) is 0 Å². The second-order valence-electron chi connectivity index (χ2n) is 10.9. The Bertz CT molecular complexity index is 1290. The van der Waals surface area contributed by atoms with E-state index in [4.69, 9.17) is 9.47 Å². The molecule has 0 bridgehead atoms. The SMILES string of the molecule is c1ccc(N2COc3ccc(C4CCC(c5ccc6c(c5)CN(c5ccccc5)CO6)CC4)cc3C2)cc1. The molecule has 3 aliphatic rings.